The van der Waals surface area contributed by atoms with Gasteiger partial charge in [0.25, 0.3) is 0 Å². The van der Waals surface area contributed by atoms with Crippen LogP contribution in [0.4, 0.5) is 5.69 Å². The molecule has 3 heteroatoms. The minimum atomic E-state index is 0. The molecule has 0 bridgehead atoms. The Morgan fingerprint density at radius 1 is 0.955 bits per heavy atom. The molecule has 0 radical (unpaired) electrons. The second-order valence-corrected chi connectivity index (χ2v) is 4.52. The second-order valence-electron chi connectivity index (χ2n) is 4.52. The first kappa shape index (κ1) is 17.8. The third kappa shape index (κ3) is 5.28. The van der Waals surface area contributed by atoms with Gasteiger partial charge in [-0.05, 0) is 23.8 Å². The van der Waals surface area contributed by atoms with Crippen LogP contribution >= 0.6 is 0 Å². The molecule has 0 aromatic heterocycles. The molecule has 0 saturated heterocycles. The van der Waals surface area contributed by atoms with E-state index in [1.54, 1.807) is 0 Å². The Morgan fingerprint density at radius 2 is 1.55 bits per heavy atom. The van der Waals surface area contributed by atoms with E-state index in [0.717, 1.165) is 11.3 Å². The summed E-state index contributed by atoms with van der Waals surface area (Å²) in [5.41, 5.74) is 2.72. The third-order valence-electron chi connectivity index (χ3n) is 3.07. The Bertz CT molecular complexity index is 669. The molecule has 104 valence electrons. The second kappa shape index (κ2) is 9.66. The summed E-state index contributed by atoms with van der Waals surface area (Å²) >= 11 is 0. The fourth-order valence-electron chi connectivity index (χ4n) is 1.89. The summed E-state index contributed by atoms with van der Waals surface area (Å²) in [6.45, 7) is 0. The maximum Gasteiger partial charge on any atom is 1.00 e. The van der Waals surface area contributed by atoms with E-state index in [1.165, 1.54) is 0 Å². The Labute approximate surface area is 144 Å². The van der Waals surface area contributed by atoms with Crippen LogP contribution in [0.5, 0.6) is 0 Å². The molecule has 0 unspecified atom stereocenters. The van der Waals surface area contributed by atoms with Gasteiger partial charge in [0, 0.05) is 12.7 Å². The van der Waals surface area contributed by atoms with Crippen LogP contribution in [0, 0.1) is 0 Å². The van der Waals surface area contributed by atoms with Crippen molar-refractivity contribution in [1.82, 2.24) is 0 Å². The van der Waals surface area contributed by atoms with Gasteiger partial charge in [-0.15, -0.1) is 0 Å². The third-order valence-corrected chi connectivity index (χ3v) is 3.07. The van der Waals surface area contributed by atoms with Crippen LogP contribution in [-0.4, -0.2) is 12.9 Å². The molecule has 0 spiro atoms. The summed E-state index contributed by atoms with van der Waals surface area (Å²) in [7, 11) is 1.89. The van der Waals surface area contributed by atoms with Crippen molar-refractivity contribution in [2.45, 2.75) is 0 Å². The van der Waals surface area contributed by atoms with Crippen LogP contribution < -0.4 is 23.8 Å². The Morgan fingerprint density at radius 3 is 2.14 bits per heavy atom. The zero-order valence-electron chi connectivity index (χ0n) is 13.0. The Balaban J connectivity index is 0.00000242. The van der Waals surface area contributed by atoms with E-state index in [4.69, 9.17) is 0 Å². The van der Waals surface area contributed by atoms with Gasteiger partial charge in [-0.1, -0.05) is 66.8 Å². The maximum absolute atomic E-state index is 9.27. The first-order valence-electron chi connectivity index (χ1n) is 6.77. The predicted molar refractivity (Wildman–Crippen MR) is 91.3 cm³/mol. The first-order chi connectivity index (χ1) is 10.3. The molecular weight excluding hydrogens is 263 g/mol. The number of rotatable bonds is 5. The van der Waals surface area contributed by atoms with Crippen LogP contribution in [0.15, 0.2) is 84.6 Å². The zero-order valence-corrected chi connectivity index (χ0v) is 13.0. The van der Waals surface area contributed by atoms with Crippen LogP contribution in [-0.2, 0) is 0 Å². The number of nitrogens with zero attached hydrogens (tertiary/aromatic N) is 2. The van der Waals surface area contributed by atoms with Crippen molar-refractivity contribution in [3.05, 3.63) is 95.6 Å². The molecule has 0 fully saturated rings. The minimum absolute atomic E-state index is 0. The van der Waals surface area contributed by atoms with E-state index in [1.807, 2.05) is 96.9 Å². The number of likely N-dealkylation sites (N-methyl/N-ethyl adjacent to an activating group) is 1. The summed E-state index contributed by atoms with van der Waals surface area (Å²) in [6.07, 6.45) is 7.64. The average Bonchev–Trinajstić information content (AvgIpc) is 2.56. The summed E-state index contributed by atoms with van der Waals surface area (Å²) in [5.74, 6) is 2.22. The molecule has 2 rings (SSSR count). The maximum atomic E-state index is 9.27. The van der Waals surface area contributed by atoms with Gasteiger partial charge in [0.1, 0.15) is 0 Å². The number of benzene rings is 2. The van der Waals surface area contributed by atoms with Crippen molar-refractivity contribution in [2.24, 2.45) is 0 Å². The molecule has 0 atom stereocenters. The van der Waals surface area contributed by atoms with Gasteiger partial charge in [0.15, 0.2) is 0 Å². The molecule has 22 heavy (non-hydrogen) atoms. The van der Waals surface area contributed by atoms with E-state index in [0.29, 0.717) is 5.70 Å². The minimum Gasteiger partial charge on any atom is -0.762 e. The van der Waals surface area contributed by atoms with Gasteiger partial charge in [0.2, 0.25) is 0 Å². The van der Waals surface area contributed by atoms with Gasteiger partial charge in [0.05, 0.1) is 5.70 Å². The summed E-state index contributed by atoms with van der Waals surface area (Å²) in [6, 6.07) is 19.9. The van der Waals surface area contributed by atoms with Gasteiger partial charge in [-0.25, -0.2) is 5.87 Å². The molecule has 2 nitrogen and oxygen atoms in total. The van der Waals surface area contributed by atoms with Crippen LogP contribution in [0.25, 0.3) is 11.5 Å². The van der Waals surface area contributed by atoms with Gasteiger partial charge < -0.3 is 10.3 Å². The number of para-hydroxylation sites is 1. The van der Waals surface area contributed by atoms with Crippen molar-refractivity contribution >= 4 is 17.6 Å². The van der Waals surface area contributed by atoms with E-state index in [9.17, 15) is 5.41 Å². The Kier molecular flexibility index (Phi) is 7.82. The summed E-state index contributed by atoms with van der Waals surface area (Å²) in [5, 5.41) is 9.27. The molecule has 2 aromatic carbocycles. The number of allylic oxidation sites excluding steroid dienone is 3. The number of hydrogen-bond donors (Lipinski definition) is 0. The van der Waals surface area contributed by atoms with Crippen LogP contribution in [0.2, 0.25) is 0 Å². The van der Waals surface area contributed by atoms with E-state index >= 15 is 0 Å². The topological polar surface area (TPSA) is 25.5 Å². The fourth-order valence-corrected chi connectivity index (χ4v) is 1.89. The van der Waals surface area contributed by atoms with Crippen molar-refractivity contribution in [1.29, 1.82) is 0 Å². The molecular formula is C19H17LiN2. The SMILES string of the molecule is CN(C(=C=[N-])C=C/C=C/c1ccccc1)c1ccccc1.[Li+]. The first-order valence-corrected chi connectivity index (χ1v) is 6.77. The van der Waals surface area contributed by atoms with E-state index in [2.05, 4.69) is 5.87 Å². The molecule has 0 amide bonds. The van der Waals surface area contributed by atoms with Crippen molar-refractivity contribution < 1.29 is 18.9 Å². The number of anilines is 1. The van der Waals surface area contributed by atoms with E-state index < -0.39 is 0 Å². The normalized spacial score (nSPS) is 10.2. The van der Waals surface area contributed by atoms with Crippen molar-refractivity contribution in [2.75, 3.05) is 11.9 Å². The summed E-state index contributed by atoms with van der Waals surface area (Å²) < 4.78 is 0. The Hall–Kier alpha value is -2.23. The quantitative estimate of drug-likeness (QED) is 0.463. The molecule has 0 aliphatic rings. The monoisotopic (exact) mass is 280 g/mol. The van der Waals surface area contributed by atoms with Crippen molar-refractivity contribution in [3.8, 4) is 0 Å². The molecule has 0 heterocycles. The van der Waals surface area contributed by atoms with Gasteiger partial charge in [-0.2, -0.15) is 0 Å². The molecule has 0 N–H and O–H groups in total. The zero-order chi connectivity index (χ0) is 14.9. The smallest absolute Gasteiger partial charge is 0.762 e. The molecule has 2 aromatic rings. The van der Waals surface area contributed by atoms with E-state index in [-0.39, 0.29) is 18.9 Å². The van der Waals surface area contributed by atoms with Gasteiger partial charge in [-0.3, -0.25) is 0 Å². The average molecular weight is 280 g/mol. The summed E-state index contributed by atoms with van der Waals surface area (Å²) in [4.78, 5) is 1.87. The van der Waals surface area contributed by atoms with Crippen molar-refractivity contribution in [3.63, 3.8) is 0 Å². The number of hydrogen-bond acceptors (Lipinski definition) is 1. The standard InChI is InChI=1S/C19H17N2.Li/c1-21(18-13-6-3-7-14-18)19(16-20)15-9-8-12-17-10-4-2-5-11-17;/h2-15H,1H3;/q-1;+1/b12-8+,15-9?;. The molecule has 0 saturated carbocycles. The molecule has 0 aliphatic heterocycles. The van der Waals surface area contributed by atoms with Crippen LogP contribution in [0.3, 0.4) is 0 Å². The van der Waals surface area contributed by atoms with Crippen LogP contribution in [0.1, 0.15) is 5.56 Å². The fraction of sp³-hybridized carbons (Fsp3) is 0.0526. The molecule has 0 aliphatic carbocycles. The largest absolute Gasteiger partial charge is 1.00 e. The predicted octanol–water partition coefficient (Wildman–Crippen LogP) is 1.52. The van der Waals surface area contributed by atoms with Gasteiger partial charge >= 0.3 is 18.9 Å².